The number of amides is 1. The molecule has 2 aliphatic heterocycles. The highest BCUT2D eigenvalue weighted by atomic mass is 35.5. The molecule has 2 unspecified atom stereocenters. The van der Waals surface area contributed by atoms with Gasteiger partial charge in [0.15, 0.2) is 0 Å². The van der Waals surface area contributed by atoms with Crippen LogP contribution >= 0.6 is 24.8 Å². The second-order valence-electron chi connectivity index (χ2n) is 7.53. The summed E-state index contributed by atoms with van der Waals surface area (Å²) in [6, 6.07) is 2.70. The molecule has 8 nitrogen and oxygen atoms in total. The number of nitrogens with one attached hydrogen (secondary N) is 2. The van der Waals surface area contributed by atoms with Gasteiger partial charge in [-0.25, -0.2) is 9.78 Å². The molecule has 4 rings (SSSR count). The smallest absolute Gasteiger partial charge is 0.325 e. The molecule has 2 atom stereocenters. The summed E-state index contributed by atoms with van der Waals surface area (Å²) >= 11 is 0. The number of carbonyl (C=O) groups is 1. The molecule has 154 valence electrons. The monoisotopic (exact) mass is 429 g/mol. The zero-order valence-corrected chi connectivity index (χ0v) is 17.4. The van der Waals surface area contributed by atoms with Crippen molar-refractivity contribution < 1.29 is 4.79 Å². The van der Waals surface area contributed by atoms with Crippen molar-refractivity contribution in [1.82, 2.24) is 19.4 Å². The minimum Gasteiger partial charge on any atom is -0.325 e. The summed E-state index contributed by atoms with van der Waals surface area (Å²) in [7, 11) is 3.00. The maximum Gasteiger partial charge on any atom is 0.332 e. The molecule has 0 radical (unpaired) electrons. The summed E-state index contributed by atoms with van der Waals surface area (Å²) in [5, 5.41) is 6.75. The molecule has 2 fully saturated rings. The van der Waals surface area contributed by atoms with Crippen molar-refractivity contribution in [2.45, 2.75) is 44.2 Å². The molecule has 2 saturated heterocycles. The minimum atomic E-state index is -0.424. The lowest BCUT2D eigenvalue weighted by atomic mass is 9.89. The normalized spacial score (nSPS) is 23.0. The van der Waals surface area contributed by atoms with Crippen LogP contribution in [-0.4, -0.2) is 32.1 Å². The van der Waals surface area contributed by atoms with Crippen molar-refractivity contribution in [3.05, 3.63) is 33.1 Å². The Labute approximate surface area is 174 Å². The molecule has 28 heavy (non-hydrogen) atoms. The van der Waals surface area contributed by atoms with E-state index in [1.807, 2.05) is 0 Å². The number of anilines is 1. The highest BCUT2D eigenvalue weighted by molar-refractivity contribution is 5.92. The van der Waals surface area contributed by atoms with Gasteiger partial charge in [0.25, 0.3) is 5.56 Å². The van der Waals surface area contributed by atoms with Crippen LogP contribution in [-0.2, 0) is 18.9 Å². The molecule has 2 aromatic heterocycles. The fraction of sp³-hybridized carbons (Fsp3) is 0.556. The third-order valence-electron chi connectivity index (χ3n) is 5.62. The van der Waals surface area contributed by atoms with Crippen LogP contribution in [0.4, 0.5) is 5.69 Å². The molecule has 10 heteroatoms. The second kappa shape index (κ2) is 8.63. The number of pyridine rings is 1. The van der Waals surface area contributed by atoms with Gasteiger partial charge in [0.2, 0.25) is 5.91 Å². The van der Waals surface area contributed by atoms with E-state index in [-0.39, 0.29) is 30.7 Å². The fourth-order valence-corrected chi connectivity index (χ4v) is 4.35. The Morgan fingerprint density at radius 1 is 1.18 bits per heavy atom. The maximum atomic E-state index is 12.4. The molecule has 0 spiro atoms. The van der Waals surface area contributed by atoms with E-state index in [4.69, 9.17) is 0 Å². The van der Waals surface area contributed by atoms with Gasteiger partial charge >= 0.3 is 5.69 Å². The van der Waals surface area contributed by atoms with Crippen molar-refractivity contribution in [2.75, 3.05) is 5.32 Å². The van der Waals surface area contributed by atoms with Crippen molar-refractivity contribution >= 4 is 47.4 Å². The standard InChI is InChI=1S/C18H23N5O3.2ClH/c1-22-16-14(17(25)23(2)18(22)26)8-13(9-19-16)21-15(24)7-10-5-11-3-4-12(6-10)20-11;;/h8-12,20H,3-7H2,1-2H3,(H,21,24);2*1H. The number of hydrogen-bond acceptors (Lipinski definition) is 5. The highest BCUT2D eigenvalue weighted by Gasteiger charge is 2.34. The van der Waals surface area contributed by atoms with E-state index in [1.54, 1.807) is 13.1 Å². The molecular formula is C18H25Cl2N5O3. The Hall–Kier alpha value is -1.90. The molecule has 0 aromatic carbocycles. The van der Waals surface area contributed by atoms with Crippen LogP contribution in [0.25, 0.3) is 11.0 Å². The molecule has 0 aliphatic carbocycles. The number of rotatable bonds is 3. The number of aryl methyl sites for hydroxylation is 1. The molecule has 1 amide bonds. The predicted octanol–water partition coefficient (Wildman–Crippen LogP) is 1.33. The largest absolute Gasteiger partial charge is 0.332 e. The first-order chi connectivity index (χ1) is 12.4. The van der Waals surface area contributed by atoms with Crippen molar-refractivity contribution in [2.24, 2.45) is 20.0 Å². The molecule has 2 N–H and O–H groups in total. The lowest BCUT2D eigenvalue weighted by Gasteiger charge is -2.28. The lowest BCUT2D eigenvalue weighted by molar-refractivity contribution is -0.117. The number of nitrogens with zero attached hydrogens (tertiary/aromatic N) is 3. The topological polar surface area (TPSA) is 98.0 Å². The van der Waals surface area contributed by atoms with Crippen LogP contribution in [0, 0.1) is 5.92 Å². The quantitative estimate of drug-likeness (QED) is 0.766. The Kier molecular flexibility index (Phi) is 6.90. The summed E-state index contributed by atoms with van der Waals surface area (Å²) in [6.07, 6.45) is 6.48. The average molecular weight is 430 g/mol. The summed E-state index contributed by atoms with van der Waals surface area (Å²) in [5.74, 6) is 0.343. The molecule has 0 saturated carbocycles. The first-order valence-corrected chi connectivity index (χ1v) is 9.04. The predicted molar refractivity (Wildman–Crippen MR) is 113 cm³/mol. The van der Waals surface area contributed by atoms with Crippen LogP contribution in [0.3, 0.4) is 0 Å². The van der Waals surface area contributed by atoms with Gasteiger partial charge in [-0.2, -0.15) is 0 Å². The number of aromatic nitrogens is 3. The minimum absolute atomic E-state index is 0. The summed E-state index contributed by atoms with van der Waals surface area (Å²) in [5.41, 5.74) is -0.0462. The maximum absolute atomic E-state index is 12.4. The number of halogens is 2. The van der Waals surface area contributed by atoms with Crippen LogP contribution in [0.1, 0.15) is 32.1 Å². The lowest BCUT2D eigenvalue weighted by Crippen LogP contribution is -2.39. The zero-order chi connectivity index (χ0) is 18.4. The van der Waals surface area contributed by atoms with Crippen molar-refractivity contribution in [3.8, 4) is 0 Å². The van der Waals surface area contributed by atoms with Gasteiger partial charge in [-0.1, -0.05) is 0 Å². The van der Waals surface area contributed by atoms with Crippen molar-refractivity contribution in [3.63, 3.8) is 0 Å². The Morgan fingerprint density at radius 2 is 1.82 bits per heavy atom. The average Bonchev–Trinajstić information content (AvgIpc) is 2.96. The molecular weight excluding hydrogens is 405 g/mol. The zero-order valence-electron chi connectivity index (χ0n) is 15.8. The third-order valence-corrected chi connectivity index (χ3v) is 5.62. The Morgan fingerprint density at radius 3 is 2.46 bits per heavy atom. The van der Waals surface area contributed by atoms with Gasteiger partial charge in [0.05, 0.1) is 17.3 Å². The molecule has 2 aliphatic rings. The molecule has 2 bridgehead atoms. The van der Waals surface area contributed by atoms with E-state index in [9.17, 15) is 14.4 Å². The number of piperidine rings is 1. The molecule has 2 aromatic rings. The van der Waals surface area contributed by atoms with Crippen molar-refractivity contribution in [1.29, 1.82) is 0 Å². The van der Waals surface area contributed by atoms with E-state index in [1.165, 1.54) is 30.7 Å². The fourth-order valence-electron chi connectivity index (χ4n) is 4.35. The summed E-state index contributed by atoms with van der Waals surface area (Å²) in [4.78, 5) is 40.9. The number of hydrogen-bond donors (Lipinski definition) is 2. The first kappa shape index (κ1) is 22.4. The van der Waals surface area contributed by atoms with Gasteiger partial charge < -0.3 is 10.6 Å². The van der Waals surface area contributed by atoms with E-state index in [0.717, 1.165) is 17.4 Å². The number of fused-ring (bicyclic) bond motifs is 3. The van der Waals surface area contributed by atoms with Crippen LogP contribution in [0.5, 0.6) is 0 Å². The number of carbonyl (C=O) groups excluding carboxylic acids is 1. The highest BCUT2D eigenvalue weighted by Crippen LogP contribution is 2.32. The second-order valence-corrected chi connectivity index (χ2v) is 7.53. The SMILES string of the molecule is Cl.Cl.Cn1c(=O)c2cc(NC(=O)CC3CC4CCC(C3)N4)cnc2n(C)c1=O. The third kappa shape index (κ3) is 4.09. The van der Waals surface area contributed by atoms with Crippen LogP contribution in [0.15, 0.2) is 21.9 Å². The first-order valence-electron chi connectivity index (χ1n) is 9.04. The van der Waals surface area contributed by atoms with Gasteiger partial charge in [-0.15, -0.1) is 24.8 Å². The van der Waals surface area contributed by atoms with Crippen LogP contribution in [0.2, 0.25) is 0 Å². The Bertz CT molecular complexity index is 991. The van der Waals surface area contributed by atoms with Gasteiger partial charge in [0, 0.05) is 32.6 Å². The summed E-state index contributed by atoms with van der Waals surface area (Å²) < 4.78 is 2.37. The molecule has 4 heterocycles. The van der Waals surface area contributed by atoms with Gasteiger partial charge in [0.1, 0.15) is 5.65 Å². The van der Waals surface area contributed by atoms with E-state index < -0.39 is 11.2 Å². The summed E-state index contributed by atoms with van der Waals surface area (Å²) in [6.45, 7) is 0. The van der Waals surface area contributed by atoms with Gasteiger partial charge in [-0.3, -0.25) is 18.7 Å². The van der Waals surface area contributed by atoms with Gasteiger partial charge in [-0.05, 0) is 37.7 Å². The van der Waals surface area contributed by atoms with E-state index in [2.05, 4.69) is 15.6 Å². The van der Waals surface area contributed by atoms with Crippen LogP contribution < -0.4 is 21.9 Å². The van der Waals surface area contributed by atoms with E-state index >= 15 is 0 Å². The Balaban J connectivity index is 0.00000140. The van der Waals surface area contributed by atoms with E-state index in [0.29, 0.717) is 41.1 Å².